The lowest BCUT2D eigenvalue weighted by atomic mass is 10.2. The maximum Gasteiger partial charge on any atom is 0.155 e. The molecule has 80 valence electrons. The van der Waals surface area contributed by atoms with Gasteiger partial charge in [0.2, 0.25) is 0 Å². The third-order valence-electron chi connectivity index (χ3n) is 2.35. The SMILES string of the molecule is Cc1ccc2nc(CCC(C)N)nn2c1. The van der Waals surface area contributed by atoms with Crippen LogP contribution in [0.5, 0.6) is 0 Å². The summed E-state index contributed by atoms with van der Waals surface area (Å²) in [6, 6.07) is 4.23. The smallest absolute Gasteiger partial charge is 0.155 e. The number of nitrogens with zero attached hydrogens (tertiary/aromatic N) is 3. The first-order chi connectivity index (χ1) is 7.15. The van der Waals surface area contributed by atoms with Crippen LogP contribution in [0.3, 0.4) is 0 Å². The minimum Gasteiger partial charge on any atom is -0.328 e. The van der Waals surface area contributed by atoms with Crippen molar-refractivity contribution in [3.8, 4) is 0 Å². The van der Waals surface area contributed by atoms with Gasteiger partial charge in [0, 0.05) is 18.7 Å². The normalized spacial score (nSPS) is 13.3. The highest BCUT2D eigenvalue weighted by Gasteiger charge is 2.04. The summed E-state index contributed by atoms with van der Waals surface area (Å²) in [5.41, 5.74) is 7.79. The maximum absolute atomic E-state index is 5.70. The number of hydrogen-bond donors (Lipinski definition) is 1. The topological polar surface area (TPSA) is 56.2 Å². The molecule has 0 spiro atoms. The molecule has 0 bridgehead atoms. The number of aromatic nitrogens is 3. The molecule has 0 aromatic carbocycles. The Hall–Kier alpha value is -1.42. The second kappa shape index (κ2) is 3.98. The van der Waals surface area contributed by atoms with Crippen molar-refractivity contribution in [1.82, 2.24) is 14.6 Å². The molecule has 2 rings (SSSR count). The molecule has 15 heavy (non-hydrogen) atoms. The second-order valence-electron chi connectivity index (χ2n) is 4.05. The molecule has 1 atom stereocenters. The number of aryl methyl sites for hydroxylation is 2. The summed E-state index contributed by atoms with van der Waals surface area (Å²) in [4.78, 5) is 4.42. The summed E-state index contributed by atoms with van der Waals surface area (Å²) in [7, 11) is 0. The number of nitrogens with two attached hydrogens (primary N) is 1. The van der Waals surface area contributed by atoms with E-state index in [1.54, 1.807) is 0 Å². The Balaban J connectivity index is 2.23. The Morgan fingerprint density at radius 1 is 1.47 bits per heavy atom. The third-order valence-corrected chi connectivity index (χ3v) is 2.35. The molecule has 2 aromatic rings. The fourth-order valence-electron chi connectivity index (χ4n) is 1.49. The number of hydrogen-bond acceptors (Lipinski definition) is 3. The van der Waals surface area contributed by atoms with Crippen molar-refractivity contribution in [3.05, 3.63) is 29.7 Å². The van der Waals surface area contributed by atoms with Gasteiger partial charge in [0.15, 0.2) is 11.5 Å². The van der Waals surface area contributed by atoms with Crippen LogP contribution in [0.25, 0.3) is 5.65 Å². The molecule has 4 heteroatoms. The highest BCUT2D eigenvalue weighted by molar-refractivity contribution is 5.38. The van der Waals surface area contributed by atoms with Crippen LogP contribution in [0, 0.1) is 6.92 Å². The van der Waals surface area contributed by atoms with Gasteiger partial charge in [-0.05, 0) is 31.9 Å². The Morgan fingerprint density at radius 2 is 2.27 bits per heavy atom. The molecular formula is C11H16N4. The lowest BCUT2D eigenvalue weighted by molar-refractivity contribution is 0.647. The van der Waals surface area contributed by atoms with E-state index in [2.05, 4.69) is 10.1 Å². The van der Waals surface area contributed by atoms with Gasteiger partial charge in [0.05, 0.1) is 0 Å². The molecule has 0 radical (unpaired) electrons. The van der Waals surface area contributed by atoms with E-state index < -0.39 is 0 Å². The minimum absolute atomic E-state index is 0.207. The molecule has 2 heterocycles. The van der Waals surface area contributed by atoms with Gasteiger partial charge in [-0.15, -0.1) is 0 Å². The van der Waals surface area contributed by atoms with Crippen LogP contribution in [0.2, 0.25) is 0 Å². The van der Waals surface area contributed by atoms with Gasteiger partial charge in [-0.25, -0.2) is 9.50 Å². The van der Waals surface area contributed by atoms with Gasteiger partial charge in [0.1, 0.15) is 0 Å². The average molecular weight is 204 g/mol. The van der Waals surface area contributed by atoms with Crippen LogP contribution in [0.4, 0.5) is 0 Å². The van der Waals surface area contributed by atoms with Crippen molar-refractivity contribution in [2.45, 2.75) is 32.7 Å². The van der Waals surface area contributed by atoms with Crippen LogP contribution in [0.15, 0.2) is 18.3 Å². The van der Waals surface area contributed by atoms with Gasteiger partial charge in [-0.2, -0.15) is 5.10 Å². The minimum atomic E-state index is 0.207. The fourth-order valence-corrected chi connectivity index (χ4v) is 1.49. The molecule has 1 unspecified atom stereocenters. The highest BCUT2D eigenvalue weighted by atomic mass is 15.3. The van der Waals surface area contributed by atoms with E-state index in [1.165, 1.54) is 5.56 Å². The Labute approximate surface area is 89.1 Å². The Morgan fingerprint density at radius 3 is 3.00 bits per heavy atom. The van der Waals surface area contributed by atoms with E-state index in [4.69, 9.17) is 5.73 Å². The fraction of sp³-hybridized carbons (Fsp3) is 0.455. The van der Waals surface area contributed by atoms with Gasteiger partial charge in [-0.3, -0.25) is 0 Å². The van der Waals surface area contributed by atoms with Crippen LogP contribution in [-0.4, -0.2) is 20.6 Å². The zero-order valence-electron chi connectivity index (χ0n) is 9.14. The number of rotatable bonds is 3. The molecule has 0 aliphatic carbocycles. The summed E-state index contributed by atoms with van der Waals surface area (Å²) >= 11 is 0. The van der Waals surface area contributed by atoms with Crippen molar-refractivity contribution in [2.75, 3.05) is 0 Å². The third kappa shape index (κ3) is 2.33. The Kier molecular flexibility index (Phi) is 2.68. The molecule has 0 fully saturated rings. The van der Waals surface area contributed by atoms with E-state index in [-0.39, 0.29) is 6.04 Å². The van der Waals surface area contributed by atoms with Gasteiger partial charge >= 0.3 is 0 Å². The molecule has 0 aliphatic heterocycles. The van der Waals surface area contributed by atoms with Gasteiger partial charge < -0.3 is 5.73 Å². The van der Waals surface area contributed by atoms with E-state index >= 15 is 0 Å². The molecule has 2 N–H and O–H groups in total. The molecule has 0 amide bonds. The molecule has 0 saturated carbocycles. The van der Waals surface area contributed by atoms with Crippen molar-refractivity contribution >= 4 is 5.65 Å². The maximum atomic E-state index is 5.70. The predicted octanol–water partition coefficient (Wildman–Crippen LogP) is 1.32. The van der Waals surface area contributed by atoms with E-state index in [0.29, 0.717) is 0 Å². The lowest BCUT2D eigenvalue weighted by Crippen LogP contribution is -2.15. The molecule has 2 aromatic heterocycles. The van der Waals surface area contributed by atoms with Gasteiger partial charge in [-0.1, -0.05) is 6.07 Å². The van der Waals surface area contributed by atoms with E-state index in [1.807, 2.05) is 36.7 Å². The van der Waals surface area contributed by atoms with Crippen LogP contribution in [-0.2, 0) is 6.42 Å². The first-order valence-electron chi connectivity index (χ1n) is 5.22. The summed E-state index contributed by atoms with van der Waals surface area (Å²) < 4.78 is 1.83. The van der Waals surface area contributed by atoms with Crippen molar-refractivity contribution in [3.63, 3.8) is 0 Å². The van der Waals surface area contributed by atoms with Crippen molar-refractivity contribution in [2.24, 2.45) is 5.73 Å². The highest BCUT2D eigenvalue weighted by Crippen LogP contribution is 2.05. The molecule has 4 nitrogen and oxygen atoms in total. The monoisotopic (exact) mass is 204 g/mol. The van der Waals surface area contributed by atoms with Crippen molar-refractivity contribution in [1.29, 1.82) is 0 Å². The molecular weight excluding hydrogens is 188 g/mol. The number of fused-ring (bicyclic) bond motifs is 1. The number of pyridine rings is 1. The predicted molar refractivity (Wildman–Crippen MR) is 59.7 cm³/mol. The average Bonchev–Trinajstić information content (AvgIpc) is 2.56. The summed E-state index contributed by atoms with van der Waals surface area (Å²) in [6.07, 6.45) is 3.76. The summed E-state index contributed by atoms with van der Waals surface area (Å²) in [6.45, 7) is 4.04. The van der Waals surface area contributed by atoms with E-state index in [9.17, 15) is 0 Å². The lowest BCUT2D eigenvalue weighted by Gasteiger charge is -1.99. The second-order valence-corrected chi connectivity index (χ2v) is 4.05. The van der Waals surface area contributed by atoms with E-state index in [0.717, 1.165) is 24.3 Å². The standard InChI is InChI=1S/C11H16N4/c1-8-3-6-11-13-10(5-4-9(2)12)14-15(11)7-8/h3,6-7,9H,4-5,12H2,1-2H3. The first kappa shape index (κ1) is 10.1. The molecule has 0 aliphatic rings. The zero-order valence-corrected chi connectivity index (χ0v) is 9.14. The van der Waals surface area contributed by atoms with Crippen molar-refractivity contribution < 1.29 is 0 Å². The Bertz CT molecular complexity index is 459. The van der Waals surface area contributed by atoms with Crippen LogP contribution >= 0.6 is 0 Å². The first-order valence-corrected chi connectivity index (χ1v) is 5.22. The zero-order chi connectivity index (χ0) is 10.8. The van der Waals surface area contributed by atoms with Crippen LogP contribution < -0.4 is 5.73 Å². The van der Waals surface area contributed by atoms with Gasteiger partial charge in [0.25, 0.3) is 0 Å². The summed E-state index contributed by atoms with van der Waals surface area (Å²) in [5.74, 6) is 0.873. The summed E-state index contributed by atoms with van der Waals surface area (Å²) in [5, 5.41) is 4.40. The largest absolute Gasteiger partial charge is 0.328 e. The molecule has 0 saturated heterocycles. The quantitative estimate of drug-likeness (QED) is 0.820. The van der Waals surface area contributed by atoms with Crippen LogP contribution in [0.1, 0.15) is 24.7 Å².